The second kappa shape index (κ2) is 10.1. The molecular formula is C29H32N6. The Morgan fingerprint density at radius 1 is 1.17 bits per heavy atom. The highest BCUT2D eigenvalue weighted by atomic mass is 15.1. The van der Waals surface area contributed by atoms with Crippen molar-refractivity contribution in [3.8, 4) is 11.5 Å². The summed E-state index contributed by atoms with van der Waals surface area (Å²) in [7, 11) is 0. The maximum Gasteiger partial charge on any atom is 0.159 e. The molecule has 0 saturated heterocycles. The van der Waals surface area contributed by atoms with Gasteiger partial charge in [0.05, 0.1) is 28.3 Å². The molecule has 1 saturated carbocycles. The van der Waals surface area contributed by atoms with Gasteiger partial charge >= 0.3 is 0 Å². The van der Waals surface area contributed by atoms with E-state index < -0.39 is 0 Å². The van der Waals surface area contributed by atoms with Crippen molar-refractivity contribution in [2.24, 2.45) is 5.92 Å². The molecule has 6 nitrogen and oxygen atoms in total. The Morgan fingerprint density at radius 3 is 2.83 bits per heavy atom. The molecule has 6 heteroatoms. The molecule has 0 atom stereocenters. The van der Waals surface area contributed by atoms with Crippen molar-refractivity contribution < 1.29 is 0 Å². The van der Waals surface area contributed by atoms with Crippen LogP contribution in [0.15, 0.2) is 61.1 Å². The average Bonchev–Trinajstić information content (AvgIpc) is 3.46. The summed E-state index contributed by atoms with van der Waals surface area (Å²) in [5.41, 5.74) is 6.81. The van der Waals surface area contributed by atoms with Crippen LogP contribution in [0.4, 0.5) is 5.69 Å². The van der Waals surface area contributed by atoms with E-state index in [0.717, 1.165) is 62.2 Å². The number of nitrogens with zero attached hydrogens (tertiary/aromatic N) is 3. The van der Waals surface area contributed by atoms with Crippen LogP contribution in [0.3, 0.4) is 0 Å². The zero-order valence-corrected chi connectivity index (χ0v) is 20.3. The fourth-order valence-electron chi connectivity index (χ4n) is 4.80. The van der Waals surface area contributed by atoms with Gasteiger partial charge in [-0.05, 0) is 54.7 Å². The van der Waals surface area contributed by atoms with Crippen molar-refractivity contribution in [1.29, 1.82) is 0 Å². The fourth-order valence-corrected chi connectivity index (χ4v) is 4.80. The normalized spacial score (nSPS) is 15.6. The van der Waals surface area contributed by atoms with E-state index in [1.807, 2.05) is 42.7 Å². The van der Waals surface area contributed by atoms with Gasteiger partial charge in [0.25, 0.3) is 0 Å². The van der Waals surface area contributed by atoms with Gasteiger partial charge in [0, 0.05) is 17.1 Å². The number of pyridine rings is 1. The number of nitrogens with one attached hydrogen (secondary N) is 3. The number of aromatic amines is 2. The predicted octanol–water partition coefficient (Wildman–Crippen LogP) is 5.54. The second-order valence-corrected chi connectivity index (χ2v) is 9.48. The van der Waals surface area contributed by atoms with Crippen molar-refractivity contribution >= 4 is 34.9 Å². The average molecular weight is 465 g/mol. The Kier molecular flexibility index (Phi) is 6.62. The highest BCUT2D eigenvalue weighted by Gasteiger charge is 2.14. The molecule has 0 radical (unpaired) electrons. The van der Waals surface area contributed by atoms with E-state index in [1.165, 1.54) is 32.1 Å². The zero-order chi connectivity index (χ0) is 24.2. The van der Waals surface area contributed by atoms with Crippen molar-refractivity contribution in [2.45, 2.75) is 45.4 Å². The number of anilines is 1. The van der Waals surface area contributed by atoms with Gasteiger partial charge in [0.1, 0.15) is 5.69 Å². The Balaban J connectivity index is 1.31. The number of H-pyrrole nitrogens is 2. The Bertz CT molecular complexity index is 1450. The van der Waals surface area contributed by atoms with Gasteiger partial charge < -0.3 is 10.3 Å². The first-order chi connectivity index (χ1) is 17.1. The highest BCUT2D eigenvalue weighted by Crippen LogP contribution is 2.29. The van der Waals surface area contributed by atoms with Gasteiger partial charge in [0.2, 0.25) is 0 Å². The minimum atomic E-state index is 0.712. The van der Waals surface area contributed by atoms with Gasteiger partial charge in [-0.3, -0.25) is 10.1 Å². The molecule has 5 rings (SSSR count). The van der Waals surface area contributed by atoms with Crippen LogP contribution >= 0.6 is 0 Å². The van der Waals surface area contributed by atoms with E-state index in [1.54, 1.807) is 0 Å². The summed E-state index contributed by atoms with van der Waals surface area (Å²) in [4.78, 5) is 12.4. The first-order valence-electron chi connectivity index (χ1n) is 12.3. The van der Waals surface area contributed by atoms with Crippen molar-refractivity contribution in [2.75, 3.05) is 5.32 Å². The van der Waals surface area contributed by atoms with Gasteiger partial charge in [-0.25, -0.2) is 4.98 Å². The largest absolute Gasteiger partial charge is 0.358 e. The number of fused-ring (bicyclic) bond motifs is 1. The highest BCUT2D eigenvalue weighted by molar-refractivity contribution is 5.78. The number of aromatic nitrogens is 5. The number of allylic oxidation sites excluding steroid dienone is 3. The zero-order valence-electron chi connectivity index (χ0n) is 20.3. The lowest BCUT2D eigenvalue weighted by Gasteiger charge is -2.22. The summed E-state index contributed by atoms with van der Waals surface area (Å²) in [5, 5.41) is 12.7. The third-order valence-electron chi connectivity index (χ3n) is 6.79. The summed E-state index contributed by atoms with van der Waals surface area (Å²) in [6, 6.07) is 10.1. The fraction of sp³-hybridized carbons (Fsp3) is 0.276. The number of hydrogen-bond acceptors (Lipinski definition) is 4. The predicted molar refractivity (Wildman–Crippen MR) is 145 cm³/mol. The number of para-hydroxylation sites is 2. The van der Waals surface area contributed by atoms with Crippen LogP contribution in [0, 0.1) is 5.92 Å². The number of rotatable bonds is 7. The first-order valence-corrected chi connectivity index (χ1v) is 12.3. The van der Waals surface area contributed by atoms with Gasteiger partial charge in [-0.1, -0.05) is 63.5 Å². The van der Waals surface area contributed by atoms with E-state index >= 15 is 0 Å². The third kappa shape index (κ3) is 5.27. The smallest absolute Gasteiger partial charge is 0.159 e. The third-order valence-corrected chi connectivity index (χ3v) is 6.79. The molecule has 3 heterocycles. The molecule has 3 aromatic heterocycles. The van der Waals surface area contributed by atoms with Crippen LogP contribution in [-0.4, -0.2) is 25.1 Å². The minimum absolute atomic E-state index is 0.712. The van der Waals surface area contributed by atoms with Gasteiger partial charge in [-0.15, -0.1) is 0 Å². The molecule has 1 aromatic carbocycles. The topological polar surface area (TPSA) is 82.3 Å². The Morgan fingerprint density at radius 2 is 2.00 bits per heavy atom. The molecule has 3 N–H and O–H groups in total. The van der Waals surface area contributed by atoms with Crippen LogP contribution < -0.4 is 15.9 Å². The lowest BCUT2D eigenvalue weighted by atomic mass is 9.86. The summed E-state index contributed by atoms with van der Waals surface area (Å²) in [6.07, 6.45) is 15.5. The number of imidazole rings is 1. The van der Waals surface area contributed by atoms with Crippen LogP contribution in [-0.2, 0) is 0 Å². The van der Waals surface area contributed by atoms with E-state index in [-0.39, 0.29) is 0 Å². The molecule has 178 valence electrons. The maximum absolute atomic E-state index is 4.64. The lowest BCUT2D eigenvalue weighted by Crippen LogP contribution is -2.21. The lowest BCUT2D eigenvalue weighted by molar-refractivity contribution is 0.357. The van der Waals surface area contributed by atoms with E-state index in [9.17, 15) is 0 Å². The number of benzene rings is 1. The molecule has 0 spiro atoms. The second-order valence-electron chi connectivity index (χ2n) is 9.48. The monoisotopic (exact) mass is 464 g/mol. The Labute approximate surface area is 205 Å². The van der Waals surface area contributed by atoms with Crippen LogP contribution in [0.2, 0.25) is 0 Å². The molecule has 4 aromatic rings. The summed E-state index contributed by atoms with van der Waals surface area (Å²) < 4.78 is 0. The molecule has 35 heavy (non-hydrogen) atoms. The molecule has 0 aliphatic heterocycles. The Hall–Kier alpha value is -3.93. The minimum Gasteiger partial charge on any atom is -0.358 e. The number of hydrogen-bond donors (Lipinski definition) is 3. The molecule has 1 fully saturated rings. The molecule has 1 aliphatic rings. The van der Waals surface area contributed by atoms with E-state index in [0.29, 0.717) is 5.82 Å². The molecule has 1 aliphatic carbocycles. The summed E-state index contributed by atoms with van der Waals surface area (Å²) in [5.74, 6) is 1.47. The molecular weight excluding hydrogens is 432 g/mol. The van der Waals surface area contributed by atoms with Crippen molar-refractivity contribution in [1.82, 2.24) is 25.1 Å². The quantitative estimate of drug-likeness (QED) is 0.335. The van der Waals surface area contributed by atoms with E-state index in [2.05, 4.69) is 62.7 Å². The van der Waals surface area contributed by atoms with Crippen molar-refractivity contribution in [3.05, 3.63) is 77.2 Å². The van der Waals surface area contributed by atoms with E-state index in [4.69, 9.17) is 0 Å². The first kappa shape index (κ1) is 22.8. The summed E-state index contributed by atoms with van der Waals surface area (Å²) >= 11 is 0. The van der Waals surface area contributed by atoms with Gasteiger partial charge in [-0.2, -0.15) is 5.10 Å². The molecule has 0 unspecified atom stereocenters. The van der Waals surface area contributed by atoms with Crippen LogP contribution in [0.5, 0.6) is 0 Å². The van der Waals surface area contributed by atoms with Crippen molar-refractivity contribution in [3.63, 3.8) is 0 Å². The van der Waals surface area contributed by atoms with Crippen LogP contribution in [0.25, 0.3) is 40.8 Å². The SMILES string of the molecule is C=C(CC1CCCCC1)Nc1cncc(/C(C)=C/C=c2/[nH]nc(-c3nc4ccccc4[nH]3)c2=C)c1. The summed E-state index contributed by atoms with van der Waals surface area (Å²) in [6.45, 7) is 10.6. The molecule has 0 amide bonds. The van der Waals surface area contributed by atoms with Crippen LogP contribution in [0.1, 0.15) is 51.0 Å². The standard InChI is InChI=1S/C29H32N6/c1-19(23-16-24(18-30-17-23)31-20(2)15-22-9-5-4-6-10-22)13-14-25-21(3)28(35-34-25)29-32-26-11-7-8-12-27(26)33-29/h7-8,11-14,16-18,22,31,34H,2-6,9-10,15H2,1H3,(H,32,33)/b19-13+,25-14+. The molecule has 0 bridgehead atoms. The van der Waals surface area contributed by atoms with Gasteiger partial charge in [0.15, 0.2) is 5.82 Å². The maximum atomic E-state index is 4.64.